The van der Waals surface area contributed by atoms with Gasteiger partial charge in [-0.05, 0) is 45.6 Å². The fourth-order valence-corrected chi connectivity index (χ4v) is 2.85. The highest BCUT2D eigenvalue weighted by Crippen LogP contribution is 2.36. The van der Waals surface area contributed by atoms with Crippen molar-refractivity contribution in [3.05, 3.63) is 58.1 Å². The first-order valence-electron chi connectivity index (χ1n) is 7.49. The monoisotopic (exact) mass is 393 g/mol. The molecule has 0 aliphatic carbocycles. The van der Waals surface area contributed by atoms with Crippen molar-refractivity contribution in [1.29, 1.82) is 0 Å². The highest BCUT2D eigenvalue weighted by Gasteiger charge is 2.11. The molecule has 5 nitrogen and oxygen atoms in total. The van der Waals surface area contributed by atoms with E-state index in [2.05, 4.69) is 21.2 Å². The Labute approximate surface area is 150 Å². The van der Waals surface area contributed by atoms with Gasteiger partial charge in [0.05, 0.1) is 18.7 Å². The molecule has 2 rings (SSSR count). The molecule has 0 aliphatic heterocycles. The van der Waals surface area contributed by atoms with Crippen molar-refractivity contribution in [3.63, 3.8) is 0 Å². The second kappa shape index (κ2) is 9.17. The van der Waals surface area contributed by atoms with E-state index in [4.69, 9.17) is 14.2 Å². The Morgan fingerprint density at radius 1 is 1.08 bits per heavy atom. The number of nitrogens with one attached hydrogen (secondary N) is 1. The van der Waals surface area contributed by atoms with Gasteiger partial charge in [0.25, 0.3) is 0 Å². The van der Waals surface area contributed by atoms with Crippen LogP contribution in [0.15, 0.2) is 46.9 Å². The molecule has 6 heteroatoms. The van der Waals surface area contributed by atoms with Gasteiger partial charge in [0.1, 0.15) is 6.61 Å². The van der Waals surface area contributed by atoms with Crippen LogP contribution in [0.1, 0.15) is 11.1 Å². The standard InChI is InChI=1S/C18H20BrNO4/c1-22-16-11-14(10-15(19)17(16)23-2)8-9-20-18(21)24-12-13-6-4-3-5-7-13/h3-7,10-11H,8-9,12H2,1-2H3,(H,20,21). The van der Waals surface area contributed by atoms with E-state index in [0.29, 0.717) is 24.5 Å². The molecule has 0 bridgehead atoms. The Morgan fingerprint density at radius 2 is 1.83 bits per heavy atom. The van der Waals surface area contributed by atoms with Gasteiger partial charge >= 0.3 is 6.09 Å². The minimum Gasteiger partial charge on any atom is -0.493 e. The summed E-state index contributed by atoms with van der Waals surface area (Å²) < 4.78 is 16.6. The number of benzene rings is 2. The molecule has 0 fully saturated rings. The average molecular weight is 394 g/mol. The van der Waals surface area contributed by atoms with Crippen LogP contribution in [0.2, 0.25) is 0 Å². The molecule has 0 saturated heterocycles. The van der Waals surface area contributed by atoms with Gasteiger partial charge in [-0.1, -0.05) is 30.3 Å². The normalized spacial score (nSPS) is 10.1. The lowest BCUT2D eigenvalue weighted by atomic mass is 10.1. The lowest BCUT2D eigenvalue weighted by molar-refractivity contribution is 0.140. The van der Waals surface area contributed by atoms with Crippen LogP contribution in [0, 0.1) is 0 Å². The second-order valence-electron chi connectivity index (χ2n) is 5.05. The summed E-state index contributed by atoms with van der Waals surface area (Å²) in [7, 11) is 3.18. The summed E-state index contributed by atoms with van der Waals surface area (Å²) in [6, 6.07) is 13.4. The van der Waals surface area contributed by atoms with E-state index in [1.165, 1.54) is 0 Å². The van der Waals surface area contributed by atoms with Gasteiger partial charge in [0.2, 0.25) is 0 Å². The second-order valence-corrected chi connectivity index (χ2v) is 5.91. The summed E-state index contributed by atoms with van der Waals surface area (Å²) in [4.78, 5) is 11.7. The van der Waals surface area contributed by atoms with Crippen LogP contribution in [-0.2, 0) is 17.8 Å². The molecule has 2 aromatic rings. The van der Waals surface area contributed by atoms with Gasteiger partial charge in [-0.25, -0.2) is 4.79 Å². The summed E-state index contributed by atoms with van der Waals surface area (Å²) in [6.45, 7) is 0.726. The molecule has 1 amide bonds. The molecule has 0 saturated carbocycles. The maximum atomic E-state index is 11.7. The summed E-state index contributed by atoms with van der Waals surface area (Å²) in [6.07, 6.45) is 0.220. The van der Waals surface area contributed by atoms with Crippen LogP contribution >= 0.6 is 15.9 Å². The number of halogens is 1. The van der Waals surface area contributed by atoms with Crippen LogP contribution in [0.3, 0.4) is 0 Å². The minimum absolute atomic E-state index is 0.259. The fraction of sp³-hybridized carbons (Fsp3) is 0.278. The molecule has 0 unspecified atom stereocenters. The number of rotatable bonds is 7. The largest absolute Gasteiger partial charge is 0.493 e. The molecule has 24 heavy (non-hydrogen) atoms. The molecule has 0 aliphatic rings. The highest BCUT2D eigenvalue weighted by molar-refractivity contribution is 9.10. The summed E-state index contributed by atoms with van der Waals surface area (Å²) >= 11 is 3.45. The first-order valence-corrected chi connectivity index (χ1v) is 8.28. The van der Waals surface area contributed by atoms with E-state index < -0.39 is 6.09 Å². The number of hydrogen-bond donors (Lipinski definition) is 1. The molecule has 2 aromatic carbocycles. The van der Waals surface area contributed by atoms with Crippen LogP contribution in [-0.4, -0.2) is 26.9 Å². The van der Waals surface area contributed by atoms with Crippen molar-refractivity contribution < 1.29 is 19.0 Å². The van der Waals surface area contributed by atoms with E-state index in [0.717, 1.165) is 15.6 Å². The van der Waals surface area contributed by atoms with Crippen molar-refractivity contribution >= 4 is 22.0 Å². The van der Waals surface area contributed by atoms with Crippen molar-refractivity contribution in [2.45, 2.75) is 13.0 Å². The Bertz CT molecular complexity index is 676. The predicted molar refractivity (Wildman–Crippen MR) is 95.6 cm³/mol. The number of ether oxygens (including phenoxy) is 3. The Kier molecular flexibility index (Phi) is 6.93. The number of methoxy groups -OCH3 is 2. The van der Waals surface area contributed by atoms with Crippen molar-refractivity contribution in [3.8, 4) is 11.5 Å². The first-order chi connectivity index (χ1) is 11.6. The lowest BCUT2D eigenvalue weighted by Gasteiger charge is -2.12. The molecule has 0 spiro atoms. The summed E-state index contributed by atoms with van der Waals surface area (Å²) in [5.41, 5.74) is 1.97. The first kappa shape index (κ1) is 18.1. The Balaban J connectivity index is 1.81. The summed E-state index contributed by atoms with van der Waals surface area (Å²) in [5.74, 6) is 1.30. The van der Waals surface area contributed by atoms with Gasteiger partial charge in [-0.3, -0.25) is 0 Å². The van der Waals surface area contributed by atoms with Crippen LogP contribution < -0.4 is 14.8 Å². The Hall–Kier alpha value is -2.21. The quantitative estimate of drug-likeness (QED) is 0.773. The topological polar surface area (TPSA) is 56.8 Å². The molecular weight excluding hydrogens is 374 g/mol. The SMILES string of the molecule is COc1cc(CCNC(=O)OCc2ccccc2)cc(Br)c1OC. The van der Waals surface area contributed by atoms with Gasteiger partial charge in [0, 0.05) is 6.54 Å². The van der Waals surface area contributed by atoms with Gasteiger partial charge in [0.15, 0.2) is 11.5 Å². The maximum absolute atomic E-state index is 11.7. The Morgan fingerprint density at radius 3 is 2.50 bits per heavy atom. The number of carbonyl (C=O) groups is 1. The molecule has 0 heterocycles. The van der Waals surface area contributed by atoms with Gasteiger partial charge < -0.3 is 19.5 Å². The van der Waals surface area contributed by atoms with E-state index >= 15 is 0 Å². The molecule has 1 N–H and O–H groups in total. The number of carbonyl (C=O) groups excluding carboxylic acids is 1. The molecule has 0 aromatic heterocycles. The smallest absolute Gasteiger partial charge is 0.407 e. The third kappa shape index (κ3) is 5.16. The third-order valence-electron chi connectivity index (χ3n) is 3.39. The fourth-order valence-electron chi connectivity index (χ4n) is 2.20. The van der Waals surface area contributed by atoms with Gasteiger partial charge in [-0.2, -0.15) is 0 Å². The van der Waals surface area contributed by atoms with Crippen LogP contribution in [0.25, 0.3) is 0 Å². The molecule has 0 atom stereocenters. The molecular formula is C18H20BrNO4. The van der Waals surface area contributed by atoms with E-state index in [-0.39, 0.29) is 6.61 Å². The van der Waals surface area contributed by atoms with Gasteiger partial charge in [-0.15, -0.1) is 0 Å². The van der Waals surface area contributed by atoms with E-state index in [9.17, 15) is 4.79 Å². The molecule has 128 valence electrons. The maximum Gasteiger partial charge on any atom is 0.407 e. The zero-order valence-corrected chi connectivity index (χ0v) is 15.3. The van der Waals surface area contributed by atoms with Crippen molar-refractivity contribution in [2.75, 3.05) is 20.8 Å². The van der Waals surface area contributed by atoms with Crippen LogP contribution in [0.4, 0.5) is 4.79 Å². The molecule has 0 radical (unpaired) electrons. The minimum atomic E-state index is -0.432. The number of amides is 1. The number of hydrogen-bond acceptors (Lipinski definition) is 4. The van der Waals surface area contributed by atoms with Crippen molar-refractivity contribution in [2.24, 2.45) is 0 Å². The zero-order chi connectivity index (χ0) is 17.4. The summed E-state index contributed by atoms with van der Waals surface area (Å²) in [5, 5.41) is 2.74. The number of alkyl carbamates (subject to hydrolysis) is 1. The lowest BCUT2D eigenvalue weighted by Crippen LogP contribution is -2.26. The third-order valence-corrected chi connectivity index (χ3v) is 3.98. The average Bonchev–Trinajstić information content (AvgIpc) is 2.60. The van der Waals surface area contributed by atoms with E-state index in [1.54, 1.807) is 14.2 Å². The predicted octanol–water partition coefficient (Wildman–Crippen LogP) is 3.94. The zero-order valence-electron chi connectivity index (χ0n) is 13.7. The van der Waals surface area contributed by atoms with Crippen molar-refractivity contribution in [1.82, 2.24) is 5.32 Å². The highest BCUT2D eigenvalue weighted by atomic mass is 79.9. The van der Waals surface area contributed by atoms with E-state index in [1.807, 2.05) is 42.5 Å². The van der Waals surface area contributed by atoms with Crippen LogP contribution in [0.5, 0.6) is 11.5 Å².